The van der Waals surface area contributed by atoms with Gasteiger partial charge in [-0.25, -0.2) is 4.98 Å². The molecule has 2 amide bonds. The summed E-state index contributed by atoms with van der Waals surface area (Å²) in [5.74, 6) is 0.632. The molecule has 0 spiro atoms. The number of aromatic nitrogens is 2. The van der Waals surface area contributed by atoms with Crippen molar-refractivity contribution in [1.29, 1.82) is 0 Å². The lowest BCUT2D eigenvalue weighted by molar-refractivity contribution is -0.132. The number of hydrogen-bond donors (Lipinski definition) is 1. The number of rotatable bonds is 8. The summed E-state index contributed by atoms with van der Waals surface area (Å²) in [6.45, 7) is 2.10. The second-order valence-electron chi connectivity index (χ2n) is 7.70. The van der Waals surface area contributed by atoms with E-state index in [1.807, 2.05) is 11.0 Å². The van der Waals surface area contributed by atoms with Crippen LogP contribution in [0.3, 0.4) is 0 Å². The molecule has 9 heteroatoms. The molecule has 0 unspecified atom stereocenters. The smallest absolute Gasteiger partial charge is 0.262 e. The predicted molar refractivity (Wildman–Crippen MR) is 122 cm³/mol. The summed E-state index contributed by atoms with van der Waals surface area (Å²) >= 11 is 1.19. The fourth-order valence-electron chi connectivity index (χ4n) is 3.74. The Bertz CT molecular complexity index is 1140. The van der Waals surface area contributed by atoms with Crippen LogP contribution in [0.1, 0.15) is 31.4 Å². The topological polar surface area (TPSA) is 97.4 Å². The van der Waals surface area contributed by atoms with Crippen LogP contribution in [0.5, 0.6) is 0 Å². The number of benzene rings is 1. The summed E-state index contributed by atoms with van der Waals surface area (Å²) in [5.41, 5.74) is 0.384. The highest BCUT2D eigenvalue weighted by Gasteiger charge is 2.19. The van der Waals surface area contributed by atoms with Crippen molar-refractivity contribution in [2.45, 2.75) is 43.9 Å². The van der Waals surface area contributed by atoms with Gasteiger partial charge < -0.3 is 14.6 Å². The lowest BCUT2D eigenvalue weighted by Crippen LogP contribution is -2.36. The highest BCUT2D eigenvalue weighted by Crippen LogP contribution is 2.19. The molecule has 168 valence electrons. The lowest BCUT2D eigenvalue weighted by atomic mass is 10.1. The van der Waals surface area contributed by atoms with Crippen LogP contribution in [-0.4, -0.2) is 45.1 Å². The summed E-state index contributed by atoms with van der Waals surface area (Å²) in [6.07, 6.45) is 4.99. The van der Waals surface area contributed by atoms with E-state index < -0.39 is 0 Å². The van der Waals surface area contributed by atoms with E-state index >= 15 is 0 Å². The first kappa shape index (κ1) is 22.1. The molecule has 32 heavy (non-hydrogen) atoms. The molecule has 1 aliphatic heterocycles. The zero-order valence-corrected chi connectivity index (χ0v) is 18.6. The van der Waals surface area contributed by atoms with Crippen molar-refractivity contribution in [2.24, 2.45) is 0 Å². The number of amides is 2. The molecule has 1 aromatic carbocycles. The molecule has 0 bridgehead atoms. The number of carbonyl (C=O) groups is 2. The molecule has 2 aromatic heterocycles. The standard InChI is InChI=1S/C23H26N4O4S/c28-20(24-15-17-7-6-14-31-17)16-32-23-25-19-9-3-2-8-18(19)22(30)27(23)13-10-21(29)26-11-4-1-5-12-26/h2-3,6-9,14H,1,4-5,10-13,15-16H2,(H,24,28). The van der Waals surface area contributed by atoms with Gasteiger partial charge in [0.1, 0.15) is 5.76 Å². The van der Waals surface area contributed by atoms with Gasteiger partial charge in [0.2, 0.25) is 11.8 Å². The Balaban J connectivity index is 1.47. The second kappa shape index (κ2) is 10.5. The summed E-state index contributed by atoms with van der Waals surface area (Å²) in [4.78, 5) is 44.5. The van der Waals surface area contributed by atoms with Crippen molar-refractivity contribution < 1.29 is 14.0 Å². The summed E-state index contributed by atoms with van der Waals surface area (Å²) in [7, 11) is 0. The number of carbonyl (C=O) groups excluding carboxylic acids is 2. The van der Waals surface area contributed by atoms with Crippen LogP contribution in [0.15, 0.2) is 57.0 Å². The van der Waals surface area contributed by atoms with Crippen molar-refractivity contribution in [1.82, 2.24) is 19.8 Å². The molecule has 0 radical (unpaired) electrons. The molecule has 3 aromatic rings. The van der Waals surface area contributed by atoms with Crippen LogP contribution in [0, 0.1) is 0 Å². The van der Waals surface area contributed by atoms with E-state index in [0.29, 0.717) is 28.4 Å². The Hall–Kier alpha value is -3.07. The number of nitrogens with zero attached hydrogens (tertiary/aromatic N) is 3. The zero-order chi connectivity index (χ0) is 22.3. The average molecular weight is 455 g/mol. The fourth-order valence-corrected chi connectivity index (χ4v) is 4.60. The van der Waals surface area contributed by atoms with Crippen LogP contribution in [0.4, 0.5) is 0 Å². The number of furan rings is 1. The average Bonchev–Trinajstić information content (AvgIpc) is 3.35. The first-order valence-corrected chi connectivity index (χ1v) is 11.8. The van der Waals surface area contributed by atoms with Crippen molar-refractivity contribution >= 4 is 34.5 Å². The number of piperidine rings is 1. The molecule has 1 saturated heterocycles. The highest BCUT2D eigenvalue weighted by atomic mass is 32.2. The SMILES string of the molecule is O=C(CSc1nc2ccccc2c(=O)n1CCC(=O)N1CCCCC1)NCc1ccco1. The molecule has 0 atom stereocenters. The van der Waals surface area contributed by atoms with Crippen LogP contribution in [0.2, 0.25) is 0 Å². The number of nitrogens with one attached hydrogen (secondary N) is 1. The largest absolute Gasteiger partial charge is 0.467 e. The van der Waals surface area contributed by atoms with Gasteiger partial charge in [0.25, 0.3) is 5.56 Å². The Morgan fingerprint density at radius 1 is 1.09 bits per heavy atom. The van der Waals surface area contributed by atoms with Crippen LogP contribution in [0.25, 0.3) is 10.9 Å². The van der Waals surface area contributed by atoms with Gasteiger partial charge >= 0.3 is 0 Å². The first-order valence-electron chi connectivity index (χ1n) is 10.8. The summed E-state index contributed by atoms with van der Waals surface area (Å²) < 4.78 is 6.74. The van der Waals surface area contributed by atoms with Gasteiger partial charge in [0.05, 0.1) is 29.5 Å². The molecule has 0 saturated carbocycles. The molecule has 1 fully saturated rings. The summed E-state index contributed by atoms with van der Waals surface area (Å²) in [6, 6.07) is 10.7. The van der Waals surface area contributed by atoms with E-state index in [1.165, 1.54) is 16.3 Å². The van der Waals surface area contributed by atoms with Crippen molar-refractivity contribution in [3.05, 3.63) is 58.8 Å². The minimum absolute atomic E-state index is 0.0527. The summed E-state index contributed by atoms with van der Waals surface area (Å²) in [5, 5.41) is 3.73. The van der Waals surface area contributed by atoms with E-state index in [1.54, 1.807) is 36.6 Å². The third-order valence-corrected chi connectivity index (χ3v) is 6.43. The Morgan fingerprint density at radius 3 is 2.69 bits per heavy atom. The molecule has 3 heterocycles. The molecule has 4 rings (SSSR count). The molecule has 8 nitrogen and oxygen atoms in total. The molecule has 1 aliphatic rings. The van der Waals surface area contributed by atoms with Gasteiger partial charge in [0, 0.05) is 26.1 Å². The lowest BCUT2D eigenvalue weighted by Gasteiger charge is -2.27. The minimum atomic E-state index is -0.194. The van der Waals surface area contributed by atoms with Gasteiger partial charge in [-0.1, -0.05) is 23.9 Å². The maximum atomic E-state index is 13.1. The normalized spacial score (nSPS) is 13.9. The van der Waals surface area contributed by atoms with Gasteiger partial charge in [0.15, 0.2) is 5.16 Å². The third-order valence-electron chi connectivity index (χ3n) is 5.46. The van der Waals surface area contributed by atoms with Gasteiger partial charge in [-0.2, -0.15) is 0 Å². The van der Waals surface area contributed by atoms with E-state index in [9.17, 15) is 14.4 Å². The first-order chi connectivity index (χ1) is 15.6. The minimum Gasteiger partial charge on any atom is -0.467 e. The van der Waals surface area contributed by atoms with E-state index in [2.05, 4.69) is 10.3 Å². The highest BCUT2D eigenvalue weighted by molar-refractivity contribution is 7.99. The monoisotopic (exact) mass is 454 g/mol. The van der Waals surface area contributed by atoms with Crippen LogP contribution >= 0.6 is 11.8 Å². The Morgan fingerprint density at radius 2 is 1.91 bits per heavy atom. The number of fused-ring (bicyclic) bond motifs is 1. The van der Waals surface area contributed by atoms with E-state index in [-0.39, 0.29) is 36.1 Å². The molecule has 1 N–H and O–H groups in total. The maximum absolute atomic E-state index is 13.1. The second-order valence-corrected chi connectivity index (χ2v) is 8.65. The van der Waals surface area contributed by atoms with Gasteiger partial charge in [-0.15, -0.1) is 0 Å². The Labute approximate surface area is 190 Å². The quantitative estimate of drug-likeness (QED) is 0.415. The van der Waals surface area contributed by atoms with Crippen LogP contribution < -0.4 is 10.9 Å². The van der Waals surface area contributed by atoms with Gasteiger partial charge in [-0.3, -0.25) is 19.0 Å². The third kappa shape index (κ3) is 5.40. The molecule has 0 aliphatic carbocycles. The maximum Gasteiger partial charge on any atom is 0.262 e. The number of hydrogen-bond acceptors (Lipinski definition) is 6. The Kier molecular flexibility index (Phi) is 7.26. The fraction of sp³-hybridized carbons (Fsp3) is 0.391. The van der Waals surface area contributed by atoms with E-state index in [0.717, 1.165) is 32.4 Å². The predicted octanol–water partition coefficient (Wildman–Crippen LogP) is 2.80. The molecular weight excluding hydrogens is 428 g/mol. The van der Waals surface area contributed by atoms with Crippen LogP contribution in [-0.2, 0) is 22.7 Å². The van der Waals surface area contributed by atoms with Crippen molar-refractivity contribution in [3.63, 3.8) is 0 Å². The molecular formula is C23H26N4O4S. The van der Waals surface area contributed by atoms with Crippen molar-refractivity contribution in [3.8, 4) is 0 Å². The number of likely N-dealkylation sites (tertiary alicyclic amines) is 1. The number of thioether (sulfide) groups is 1. The van der Waals surface area contributed by atoms with Crippen molar-refractivity contribution in [2.75, 3.05) is 18.8 Å². The zero-order valence-electron chi connectivity index (χ0n) is 17.8. The number of para-hydroxylation sites is 1. The van der Waals surface area contributed by atoms with Gasteiger partial charge in [-0.05, 0) is 43.5 Å². The van der Waals surface area contributed by atoms with E-state index in [4.69, 9.17) is 4.42 Å².